The van der Waals surface area contributed by atoms with E-state index in [4.69, 9.17) is 10.5 Å². The summed E-state index contributed by atoms with van der Waals surface area (Å²) in [6.45, 7) is 5.62. The summed E-state index contributed by atoms with van der Waals surface area (Å²) in [4.78, 5) is 13.2. The summed E-state index contributed by atoms with van der Waals surface area (Å²) >= 11 is 0. The zero-order valence-electron chi connectivity index (χ0n) is 9.79. The van der Waals surface area contributed by atoms with Crippen molar-refractivity contribution in [3.8, 4) is 0 Å². The summed E-state index contributed by atoms with van der Waals surface area (Å²) in [5.74, 6) is 0. The Labute approximate surface area is 91.8 Å². The predicted octanol–water partition coefficient (Wildman–Crippen LogP) is 1.74. The molecule has 0 saturated heterocycles. The number of rotatable bonds is 4. The van der Waals surface area contributed by atoms with Crippen molar-refractivity contribution in [2.24, 2.45) is 5.73 Å². The smallest absolute Gasteiger partial charge is 0.409 e. The van der Waals surface area contributed by atoms with Crippen LogP contribution in [-0.4, -0.2) is 36.2 Å². The Morgan fingerprint density at radius 1 is 1.33 bits per heavy atom. The molecule has 0 heterocycles. The molecule has 4 nitrogen and oxygen atoms in total. The molecule has 0 unspecified atom stereocenters. The molecule has 1 fully saturated rings. The van der Waals surface area contributed by atoms with Crippen LogP contribution in [0.15, 0.2) is 0 Å². The third kappa shape index (κ3) is 3.38. The molecule has 88 valence electrons. The first-order valence-electron chi connectivity index (χ1n) is 5.82. The number of ether oxygens (including phenoxy) is 1. The highest BCUT2D eigenvalue weighted by molar-refractivity contribution is 5.67. The third-order valence-electron chi connectivity index (χ3n) is 3.10. The second-order valence-electron chi connectivity index (χ2n) is 4.30. The van der Waals surface area contributed by atoms with Gasteiger partial charge < -0.3 is 15.4 Å². The lowest BCUT2D eigenvalue weighted by Crippen LogP contribution is -2.44. The van der Waals surface area contributed by atoms with Gasteiger partial charge in [0, 0.05) is 13.1 Å². The van der Waals surface area contributed by atoms with Crippen LogP contribution in [0.25, 0.3) is 0 Å². The Bertz CT molecular complexity index is 209. The van der Waals surface area contributed by atoms with Crippen LogP contribution in [0.5, 0.6) is 0 Å². The van der Waals surface area contributed by atoms with Crippen molar-refractivity contribution in [3.05, 3.63) is 0 Å². The zero-order valence-corrected chi connectivity index (χ0v) is 9.79. The summed E-state index contributed by atoms with van der Waals surface area (Å²) in [5.41, 5.74) is 5.83. The fraction of sp³-hybridized carbons (Fsp3) is 0.909. The van der Waals surface area contributed by atoms with Gasteiger partial charge in [0.25, 0.3) is 0 Å². The minimum Gasteiger partial charge on any atom is -0.447 e. The Balaban J connectivity index is 2.32. The van der Waals surface area contributed by atoms with Crippen molar-refractivity contribution < 1.29 is 9.53 Å². The van der Waals surface area contributed by atoms with Crippen molar-refractivity contribution in [3.63, 3.8) is 0 Å². The number of amides is 1. The first kappa shape index (κ1) is 12.3. The monoisotopic (exact) mass is 214 g/mol. The van der Waals surface area contributed by atoms with E-state index in [-0.39, 0.29) is 11.6 Å². The van der Waals surface area contributed by atoms with Gasteiger partial charge in [-0.1, -0.05) is 12.8 Å². The molecule has 2 N–H and O–H groups in total. The van der Waals surface area contributed by atoms with E-state index in [1.54, 1.807) is 4.90 Å². The maximum absolute atomic E-state index is 11.6. The summed E-state index contributed by atoms with van der Waals surface area (Å²) in [6.07, 6.45) is 4.01. The second-order valence-corrected chi connectivity index (χ2v) is 4.30. The molecule has 0 spiro atoms. The van der Waals surface area contributed by atoms with Crippen LogP contribution < -0.4 is 5.73 Å². The molecule has 0 radical (unpaired) electrons. The minimum absolute atomic E-state index is 0.239. The van der Waals surface area contributed by atoms with Crippen molar-refractivity contribution in [1.82, 2.24) is 4.90 Å². The van der Waals surface area contributed by atoms with Gasteiger partial charge in [0.15, 0.2) is 0 Å². The lowest BCUT2D eigenvalue weighted by Gasteiger charge is -2.25. The third-order valence-corrected chi connectivity index (χ3v) is 3.10. The zero-order chi connectivity index (χ0) is 11.3. The van der Waals surface area contributed by atoms with E-state index in [2.05, 4.69) is 0 Å². The number of carbonyl (C=O) groups is 1. The van der Waals surface area contributed by atoms with E-state index < -0.39 is 0 Å². The van der Waals surface area contributed by atoms with E-state index >= 15 is 0 Å². The summed E-state index contributed by atoms with van der Waals surface area (Å²) < 4.78 is 5.23. The lowest BCUT2D eigenvalue weighted by molar-refractivity contribution is 0.0839. The van der Waals surface area contributed by atoms with Crippen molar-refractivity contribution >= 4 is 6.09 Å². The predicted molar refractivity (Wildman–Crippen MR) is 59.7 cm³/mol. The lowest BCUT2D eigenvalue weighted by atomic mass is 10.0. The molecular formula is C11H22N2O2. The van der Waals surface area contributed by atoms with Crippen molar-refractivity contribution in [2.75, 3.05) is 19.7 Å². The molecule has 1 aliphatic rings. The van der Waals surface area contributed by atoms with Gasteiger partial charge >= 0.3 is 6.09 Å². The van der Waals surface area contributed by atoms with Gasteiger partial charge in [-0.2, -0.15) is 0 Å². The molecule has 1 saturated carbocycles. The van der Waals surface area contributed by atoms with Crippen LogP contribution in [0.2, 0.25) is 0 Å². The fourth-order valence-corrected chi connectivity index (χ4v) is 2.00. The van der Waals surface area contributed by atoms with Gasteiger partial charge in [0.2, 0.25) is 0 Å². The SMILES string of the molecule is CCN(CC)C(=O)OCC1(N)CCCC1. The van der Waals surface area contributed by atoms with Crippen LogP contribution in [0, 0.1) is 0 Å². The van der Waals surface area contributed by atoms with E-state index in [0.29, 0.717) is 19.7 Å². The number of hydrogen-bond donors (Lipinski definition) is 1. The van der Waals surface area contributed by atoms with E-state index in [0.717, 1.165) is 25.7 Å². The molecule has 1 aliphatic carbocycles. The first-order chi connectivity index (χ1) is 7.11. The molecule has 15 heavy (non-hydrogen) atoms. The average molecular weight is 214 g/mol. The average Bonchev–Trinajstić information content (AvgIpc) is 2.65. The van der Waals surface area contributed by atoms with Crippen LogP contribution >= 0.6 is 0 Å². The largest absolute Gasteiger partial charge is 0.447 e. The molecule has 0 aromatic heterocycles. The van der Waals surface area contributed by atoms with Crippen molar-refractivity contribution in [2.45, 2.75) is 45.1 Å². The molecule has 0 bridgehead atoms. The molecule has 0 atom stereocenters. The van der Waals surface area contributed by atoms with E-state index in [1.807, 2.05) is 13.8 Å². The standard InChI is InChI=1S/C11H22N2O2/c1-3-13(4-2)10(14)15-9-11(12)7-5-6-8-11/h3-9,12H2,1-2H3. The molecular weight excluding hydrogens is 192 g/mol. The maximum Gasteiger partial charge on any atom is 0.409 e. The summed E-state index contributed by atoms with van der Waals surface area (Å²) in [7, 11) is 0. The molecule has 1 amide bonds. The van der Waals surface area contributed by atoms with Gasteiger partial charge in [-0.3, -0.25) is 0 Å². The van der Waals surface area contributed by atoms with Crippen LogP contribution in [0.1, 0.15) is 39.5 Å². The molecule has 0 aromatic rings. The number of nitrogens with two attached hydrogens (primary N) is 1. The highest BCUT2D eigenvalue weighted by atomic mass is 16.6. The second kappa shape index (κ2) is 5.35. The van der Waals surface area contributed by atoms with Crippen LogP contribution in [-0.2, 0) is 4.74 Å². The summed E-state index contributed by atoms with van der Waals surface area (Å²) in [6, 6.07) is 0. The van der Waals surface area contributed by atoms with E-state index in [9.17, 15) is 4.79 Å². The van der Waals surface area contributed by atoms with Crippen LogP contribution in [0.4, 0.5) is 4.79 Å². The maximum atomic E-state index is 11.6. The van der Waals surface area contributed by atoms with Crippen LogP contribution in [0.3, 0.4) is 0 Å². The van der Waals surface area contributed by atoms with Gasteiger partial charge in [0.05, 0.1) is 5.54 Å². The highest BCUT2D eigenvalue weighted by Crippen LogP contribution is 2.27. The Kier molecular flexibility index (Phi) is 4.39. The van der Waals surface area contributed by atoms with Gasteiger partial charge in [-0.15, -0.1) is 0 Å². The molecule has 4 heteroatoms. The quantitative estimate of drug-likeness (QED) is 0.775. The topological polar surface area (TPSA) is 55.6 Å². The molecule has 0 aliphatic heterocycles. The Morgan fingerprint density at radius 3 is 2.33 bits per heavy atom. The van der Waals surface area contributed by atoms with Gasteiger partial charge in [-0.25, -0.2) is 4.79 Å². The minimum atomic E-state index is -0.261. The highest BCUT2D eigenvalue weighted by Gasteiger charge is 2.31. The molecule has 1 rings (SSSR count). The molecule has 0 aromatic carbocycles. The van der Waals surface area contributed by atoms with Gasteiger partial charge in [-0.05, 0) is 26.7 Å². The van der Waals surface area contributed by atoms with Gasteiger partial charge in [0.1, 0.15) is 6.61 Å². The van der Waals surface area contributed by atoms with E-state index in [1.165, 1.54) is 0 Å². The normalized spacial score (nSPS) is 18.9. The number of carbonyl (C=O) groups excluding carboxylic acids is 1. The Hall–Kier alpha value is -0.770. The Morgan fingerprint density at radius 2 is 1.87 bits per heavy atom. The number of nitrogens with zero attached hydrogens (tertiary/aromatic N) is 1. The van der Waals surface area contributed by atoms with Crippen molar-refractivity contribution in [1.29, 1.82) is 0 Å². The first-order valence-corrected chi connectivity index (χ1v) is 5.82. The summed E-state index contributed by atoms with van der Waals surface area (Å²) in [5, 5.41) is 0. The fourth-order valence-electron chi connectivity index (χ4n) is 2.00. The number of hydrogen-bond acceptors (Lipinski definition) is 3.